The molecule has 0 radical (unpaired) electrons. The molecule has 0 atom stereocenters. The number of nitrogens with zero attached hydrogens (tertiary/aromatic N) is 4. The molecule has 4 rings (SSSR count). The van der Waals surface area contributed by atoms with E-state index in [9.17, 15) is 9.18 Å². The third-order valence-electron chi connectivity index (χ3n) is 5.44. The molecule has 0 amide bonds. The van der Waals surface area contributed by atoms with Gasteiger partial charge in [0.05, 0.1) is 22.8 Å². The van der Waals surface area contributed by atoms with E-state index in [4.69, 9.17) is 0 Å². The predicted molar refractivity (Wildman–Crippen MR) is 123 cm³/mol. The van der Waals surface area contributed by atoms with Gasteiger partial charge in [0.2, 0.25) is 0 Å². The first-order valence-corrected chi connectivity index (χ1v) is 11.0. The van der Waals surface area contributed by atoms with E-state index in [0.717, 1.165) is 36.0 Å². The van der Waals surface area contributed by atoms with Crippen LogP contribution in [-0.4, -0.2) is 29.0 Å². The maximum atomic E-state index is 14.8. The molecule has 1 aromatic heterocycles. The van der Waals surface area contributed by atoms with Gasteiger partial charge in [0.15, 0.2) is 0 Å². The summed E-state index contributed by atoms with van der Waals surface area (Å²) in [6.07, 6.45) is 3.73. The molecule has 7 heteroatoms. The van der Waals surface area contributed by atoms with Crippen LogP contribution < -0.4 is 10.5 Å². The van der Waals surface area contributed by atoms with Crippen LogP contribution in [0.5, 0.6) is 0 Å². The lowest BCUT2D eigenvalue weighted by molar-refractivity contribution is 0.622. The number of aryl methyl sites for hydroxylation is 1. The normalized spacial score (nSPS) is 14.5. The minimum absolute atomic E-state index is 0.00160. The monoisotopic (exact) mass is 470 g/mol. The molecule has 1 saturated heterocycles. The fraction of sp³-hybridized carbons (Fsp3) is 0.348. The molecule has 30 heavy (non-hydrogen) atoms. The average molecular weight is 471 g/mol. The summed E-state index contributed by atoms with van der Waals surface area (Å²) < 4.78 is 16.9. The molecule has 1 aliphatic heterocycles. The second kappa shape index (κ2) is 8.30. The number of hydrogen-bond acceptors (Lipinski definition) is 4. The van der Waals surface area contributed by atoms with Gasteiger partial charge >= 0.3 is 0 Å². The van der Waals surface area contributed by atoms with Crippen molar-refractivity contribution in [3.63, 3.8) is 0 Å². The molecule has 1 fully saturated rings. The topological polar surface area (TPSA) is 50.5 Å². The van der Waals surface area contributed by atoms with Gasteiger partial charge in [-0.2, -0.15) is 9.78 Å². The van der Waals surface area contributed by atoms with E-state index >= 15 is 0 Å². The molecule has 0 spiro atoms. The van der Waals surface area contributed by atoms with Gasteiger partial charge in [0.1, 0.15) is 11.6 Å². The van der Waals surface area contributed by atoms with E-state index in [1.165, 1.54) is 10.7 Å². The van der Waals surface area contributed by atoms with Crippen molar-refractivity contribution >= 4 is 38.7 Å². The Morgan fingerprint density at radius 2 is 1.93 bits per heavy atom. The Bertz CT molecular complexity index is 1200. The zero-order valence-corrected chi connectivity index (χ0v) is 18.9. The minimum atomic E-state index is -0.263. The van der Waals surface area contributed by atoms with Crippen LogP contribution in [0, 0.1) is 12.7 Å². The van der Waals surface area contributed by atoms with Crippen molar-refractivity contribution in [2.45, 2.75) is 39.5 Å². The first-order chi connectivity index (χ1) is 14.3. The Labute approximate surface area is 183 Å². The molecular weight excluding hydrogens is 447 g/mol. The number of rotatable bonds is 4. The van der Waals surface area contributed by atoms with E-state index < -0.39 is 0 Å². The quantitative estimate of drug-likeness (QED) is 0.491. The zero-order valence-electron chi connectivity index (χ0n) is 17.3. The molecule has 0 unspecified atom stereocenters. The van der Waals surface area contributed by atoms with Gasteiger partial charge in [-0.25, -0.2) is 9.37 Å². The Hall–Kier alpha value is -2.54. The van der Waals surface area contributed by atoms with Crippen molar-refractivity contribution in [2.75, 3.05) is 18.0 Å². The third-order valence-corrected chi connectivity index (χ3v) is 5.94. The Balaban J connectivity index is 1.78. The highest BCUT2D eigenvalue weighted by Crippen LogP contribution is 2.26. The first kappa shape index (κ1) is 20.7. The first-order valence-electron chi connectivity index (χ1n) is 10.2. The van der Waals surface area contributed by atoms with Crippen LogP contribution in [0.2, 0.25) is 0 Å². The van der Waals surface area contributed by atoms with Gasteiger partial charge in [-0.3, -0.25) is 4.79 Å². The fourth-order valence-electron chi connectivity index (χ4n) is 3.79. The molecule has 0 bridgehead atoms. The fourth-order valence-corrected chi connectivity index (χ4v) is 4.15. The van der Waals surface area contributed by atoms with Crippen molar-refractivity contribution in [3.05, 3.63) is 67.9 Å². The Morgan fingerprint density at radius 3 is 2.63 bits per heavy atom. The molecule has 2 aromatic carbocycles. The lowest BCUT2D eigenvalue weighted by atomic mass is 10.1. The summed E-state index contributed by atoms with van der Waals surface area (Å²) in [6.45, 7) is 7.63. The SMILES string of the molecule is Cc1cc(N2CCCC2)c(F)cc1C=Nn1c(C(C)C)nc2ccc(Br)cc2c1=O. The van der Waals surface area contributed by atoms with Crippen molar-refractivity contribution < 1.29 is 4.39 Å². The third kappa shape index (κ3) is 3.90. The summed E-state index contributed by atoms with van der Waals surface area (Å²) in [4.78, 5) is 19.8. The van der Waals surface area contributed by atoms with E-state index in [1.54, 1.807) is 12.3 Å². The summed E-state index contributed by atoms with van der Waals surface area (Å²) in [6, 6.07) is 8.79. The molecule has 2 heterocycles. The molecule has 156 valence electrons. The van der Waals surface area contributed by atoms with Crippen LogP contribution in [0.4, 0.5) is 10.1 Å². The highest BCUT2D eigenvalue weighted by molar-refractivity contribution is 9.10. The van der Waals surface area contributed by atoms with E-state index in [-0.39, 0.29) is 17.3 Å². The van der Waals surface area contributed by atoms with Crippen molar-refractivity contribution in [1.29, 1.82) is 0 Å². The standard InChI is InChI=1S/C23H24BrFN4O/c1-14(2)22-27-20-7-6-17(24)12-18(20)23(30)29(22)26-13-16-11-19(25)21(10-15(16)3)28-8-4-5-9-28/h6-7,10-14H,4-5,8-9H2,1-3H3. The van der Waals surface area contributed by atoms with Crippen LogP contribution in [0.25, 0.3) is 10.9 Å². The number of aromatic nitrogens is 2. The van der Waals surface area contributed by atoms with Gasteiger partial charge in [0, 0.05) is 29.0 Å². The summed E-state index contributed by atoms with van der Waals surface area (Å²) in [5.41, 5.74) is 2.59. The number of halogens is 2. The van der Waals surface area contributed by atoms with Gasteiger partial charge in [0.25, 0.3) is 5.56 Å². The van der Waals surface area contributed by atoms with Gasteiger partial charge in [-0.05, 0) is 55.7 Å². The van der Waals surface area contributed by atoms with Gasteiger partial charge in [-0.15, -0.1) is 0 Å². The lowest BCUT2D eigenvalue weighted by Crippen LogP contribution is -2.23. The van der Waals surface area contributed by atoms with Crippen LogP contribution in [0.3, 0.4) is 0 Å². The van der Waals surface area contributed by atoms with Crippen LogP contribution in [-0.2, 0) is 0 Å². The summed E-state index contributed by atoms with van der Waals surface area (Å²) >= 11 is 3.41. The molecule has 0 aliphatic carbocycles. The Morgan fingerprint density at radius 1 is 1.20 bits per heavy atom. The highest BCUT2D eigenvalue weighted by Gasteiger charge is 2.18. The molecule has 0 saturated carbocycles. The van der Waals surface area contributed by atoms with E-state index in [1.807, 2.05) is 39.0 Å². The second-order valence-corrected chi connectivity index (χ2v) is 8.92. The maximum Gasteiger partial charge on any atom is 0.282 e. The van der Waals surface area contributed by atoms with Gasteiger partial charge < -0.3 is 4.90 Å². The number of anilines is 1. The molecule has 1 aliphatic rings. The van der Waals surface area contributed by atoms with Crippen molar-refractivity contribution in [1.82, 2.24) is 9.66 Å². The van der Waals surface area contributed by atoms with E-state index in [0.29, 0.717) is 28.0 Å². The summed E-state index contributed by atoms with van der Waals surface area (Å²) in [5.74, 6) is 0.303. The Kier molecular flexibility index (Phi) is 5.73. The van der Waals surface area contributed by atoms with E-state index in [2.05, 4.69) is 30.9 Å². The molecular formula is C23H24BrFN4O. The van der Waals surface area contributed by atoms with Crippen LogP contribution in [0.15, 0.2) is 44.7 Å². The van der Waals surface area contributed by atoms with Crippen molar-refractivity contribution in [3.8, 4) is 0 Å². The second-order valence-electron chi connectivity index (χ2n) is 8.00. The van der Waals surface area contributed by atoms with Crippen LogP contribution in [0.1, 0.15) is 49.6 Å². The predicted octanol–water partition coefficient (Wildman–Crippen LogP) is 5.21. The molecule has 5 nitrogen and oxygen atoms in total. The summed E-state index contributed by atoms with van der Waals surface area (Å²) in [7, 11) is 0. The van der Waals surface area contributed by atoms with Crippen LogP contribution >= 0.6 is 15.9 Å². The van der Waals surface area contributed by atoms with Crippen molar-refractivity contribution in [2.24, 2.45) is 5.10 Å². The largest absolute Gasteiger partial charge is 0.369 e. The minimum Gasteiger partial charge on any atom is -0.369 e. The maximum absolute atomic E-state index is 14.8. The number of fused-ring (bicyclic) bond motifs is 1. The smallest absolute Gasteiger partial charge is 0.282 e. The highest BCUT2D eigenvalue weighted by atomic mass is 79.9. The molecule has 0 N–H and O–H groups in total. The number of hydrogen-bond donors (Lipinski definition) is 0. The molecule has 3 aromatic rings. The average Bonchev–Trinajstić information content (AvgIpc) is 3.24. The van der Waals surface area contributed by atoms with Gasteiger partial charge in [-0.1, -0.05) is 29.8 Å². The zero-order chi connectivity index (χ0) is 21.4. The summed E-state index contributed by atoms with van der Waals surface area (Å²) in [5, 5.41) is 4.91. The number of benzene rings is 2. The lowest BCUT2D eigenvalue weighted by Gasteiger charge is -2.19.